The molecule has 0 aliphatic heterocycles. The first-order chi connectivity index (χ1) is 7.80. The van der Waals surface area contributed by atoms with Gasteiger partial charge in [-0.3, -0.25) is 4.79 Å². The number of carbonyl (C=O) groups is 1. The monoisotopic (exact) mass is 402 g/mol. The van der Waals surface area contributed by atoms with Crippen molar-refractivity contribution in [2.45, 2.75) is 33.2 Å². The minimum atomic E-state index is -0.453. The summed E-state index contributed by atoms with van der Waals surface area (Å²) in [4.78, 5) is 13.0. The van der Waals surface area contributed by atoms with Gasteiger partial charge >= 0.3 is 0 Å². The van der Waals surface area contributed by atoms with Crippen molar-refractivity contribution in [1.29, 1.82) is 0 Å². The standard InChI is InChI=1S/C12H19IN2OS.ClH/c1-12(2,3)10(14)11(16)15-7-6-8-4-5-9(13)17-8;/h4-5,10H,6-7,14H2,1-3H3,(H,15,16);1H/t10-;/m1./s1. The Hall–Kier alpha value is 0.150. The first-order valence-corrected chi connectivity index (χ1v) is 7.48. The largest absolute Gasteiger partial charge is 0.354 e. The molecule has 1 heterocycles. The molecule has 0 bridgehead atoms. The summed E-state index contributed by atoms with van der Waals surface area (Å²) in [5.74, 6) is -0.0660. The second-order valence-electron chi connectivity index (χ2n) is 5.09. The van der Waals surface area contributed by atoms with Crippen LogP contribution in [0.15, 0.2) is 12.1 Å². The fourth-order valence-electron chi connectivity index (χ4n) is 1.30. The van der Waals surface area contributed by atoms with Gasteiger partial charge in [-0.25, -0.2) is 0 Å². The van der Waals surface area contributed by atoms with Crippen molar-refractivity contribution in [3.8, 4) is 0 Å². The third-order valence-electron chi connectivity index (χ3n) is 2.51. The number of amides is 1. The lowest BCUT2D eigenvalue weighted by Gasteiger charge is -2.25. The van der Waals surface area contributed by atoms with Crippen LogP contribution in [-0.4, -0.2) is 18.5 Å². The number of halogens is 2. The zero-order chi connectivity index (χ0) is 13.1. The van der Waals surface area contributed by atoms with Crippen LogP contribution in [0.1, 0.15) is 25.6 Å². The average Bonchev–Trinajstić information content (AvgIpc) is 2.61. The molecule has 3 nitrogen and oxygen atoms in total. The Labute approximate surface area is 132 Å². The molecule has 0 spiro atoms. The summed E-state index contributed by atoms with van der Waals surface area (Å²) < 4.78 is 1.27. The number of hydrogen-bond donors (Lipinski definition) is 2. The highest BCUT2D eigenvalue weighted by atomic mass is 127. The molecular formula is C12H20ClIN2OS. The number of carbonyl (C=O) groups excluding carboxylic acids is 1. The van der Waals surface area contributed by atoms with Crippen molar-refractivity contribution in [1.82, 2.24) is 5.32 Å². The fourth-order valence-corrected chi connectivity index (χ4v) is 3.05. The Morgan fingerprint density at radius 3 is 2.56 bits per heavy atom. The third-order valence-corrected chi connectivity index (χ3v) is 4.47. The fraction of sp³-hybridized carbons (Fsp3) is 0.583. The lowest BCUT2D eigenvalue weighted by Crippen LogP contribution is -2.48. The maximum Gasteiger partial charge on any atom is 0.237 e. The van der Waals surface area contributed by atoms with Crippen molar-refractivity contribution in [2.24, 2.45) is 11.1 Å². The number of nitrogens with two attached hydrogens (primary N) is 1. The number of rotatable bonds is 4. The van der Waals surface area contributed by atoms with Gasteiger partial charge in [0, 0.05) is 11.4 Å². The summed E-state index contributed by atoms with van der Waals surface area (Å²) in [6, 6.07) is 3.73. The average molecular weight is 403 g/mol. The van der Waals surface area contributed by atoms with Crippen molar-refractivity contribution in [3.05, 3.63) is 19.9 Å². The summed E-state index contributed by atoms with van der Waals surface area (Å²) in [5, 5.41) is 2.89. The minimum absolute atomic E-state index is 0. The molecule has 0 aliphatic rings. The molecule has 0 aromatic carbocycles. The molecule has 0 saturated heterocycles. The van der Waals surface area contributed by atoms with E-state index in [-0.39, 0.29) is 23.7 Å². The Kier molecular flexibility index (Phi) is 7.73. The van der Waals surface area contributed by atoms with E-state index in [2.05, 4.69) is 40.0 Å². The Morgan fingerprint density at radius 1 is 1.50 bits per heavy atom. The van der Waals surface area contributed by atoms with E-state index in [0.29, 0.717) is 6.54 Å². The molecule has 18 heavy (non-hydrogen) atoms. The second-order valence-corrected chi connectivity index (χ2v) is 8.15. The molecule has 1 aromatic rings. The van der Waals surface area contributed by atoms with Crippen LogP contribution in [0.3, 0.4) is 0 Å². The van der Waals surface area contributed by atoms with Gasteiger partial charge in [-0.15, -0.1) is 23.7 Å². The smallest absolute Gasteiger partial charge is 0.237 e. The Bertz CT molecular complexity index is 390. The van der Waals surface area contributed by atoms with Gasteiger partial charge in [0.25, 0.3) is 0 Å². The van der Waals surface area contributed by atoms with Gasteiger partial charge in [-0.1, -0.05) is 20.8 Å². The first kappa shape index (κ1) is 18.1. The van der Waals surface area contributed by atoms with E-state index in [9.17, 15) is 4.79 Å². The number of thiophene rings is 1. The van der Waals surface area contributed by atoms with Gasteiger partial charge < -0.3 is 11.1 Å². The van der Waals surface area contributed by atoms with Crippen LogP contribution in [0.4, 0.5) is 0 Å². The van der Waals surface area contributed by atoms with E-state index < -0.39 is 6.04 Å². The van der Waals surface area contributed by atoms with E-state index in [4.69, 9.17) is 5.73 Å². The molecule has 1 atom stereocenters. The number of hydrogen-bond acceptors (Lipinski definition) is 3. The molecule has 0 saturated carbocycles. The van der Waals surface area contributed by atoms with Crippen molar-refractivity contribution >= 4 is 52.2 Å². The molecule has 104 valence electrons. The second kappa shape index (κ2) is 7.67. The Morgan fingerprint density at radius 2 is 2.11 bits per heavy atom. The predicted molar refractivity (Wildman–Crippen MR) is 88.4 cm³/mol. The van der Waals surface area contributed by atoms with Crippen LogP contribution in [0.25, 0.3) is 0 Å². The van der Waals surface area contributed by atoms with Crippen LogP contribution in [0, 0.1) is 8.30 Å². The van der Waals surface area contributed by atoms with Crippen LogP contribution < -0.4 is 11.1 Å². The molecule has 1 rings (SSSR count). The van der Waals surface area contributed by atoms with Crippen LogP contribution in [0.2, 0.25) is 0 Å². The first-order valence-electron chi connectivity index (χ1n) is 5.58. The quantitative estimate of drug-likeness (QED) is 0.761. The van der Waals surface area contributed by atoms with Crippen LogP contribution in [0.5, 0.6) is 0 Å². The van der Waals surface area contributed by atoms with E-state index in [1.54, 1.807) is 11.3 Å². The van der Waals surface area contributed by atoms with E-state index in [1.807, 2.05) is 20.8 Å². The topological polar surface area (TPSA) is 55.1 Å². The summed E-state index contributed by atoms with van der Waals surface area (Å²) in [7, 11) is 0. The zero-order valence-corrected chi connectivity index (χ0v) is 14.6. The molecule has 0 fully saturated rings. The summed E-state index contributed by atoms with van der Waals surface area (Å²) in [6.07, 6.45) is 0.871. The van der Waals surface area contributed by atoms with E-state index in [0.717, 1.165) is 6.42 Å². The SMILES string of the molecule is CC(C)(C)[C@H](N)C(=O)NCCc1ccc(I)s1.Cl. The molecule has 6 heteroatoms. The summed E-state index contributed by atoms with van der Waals surface area (Å²) >= 11 is 4.06. The summed E-state index contributed by atoms with van der Waals surface area (Å²) in [6.45, 7) is 6.57. The van der Waals surface area contributed by atoms with Gasteiger partial charge in [0.15, 0.2) is 0 Å². The lowest BCUT2D eigenvalue weighted by atomic mass is 9.87. The van der Waals surface area contributed by atoms with Gasteiger partial charge in [0.1, 0.15) is 0 Å². The lowest BCUT2D eigenvalue weighted by molar-refractivity contribution is -0.124. The van der Waals surface area contributed by atoms with E-state index >= 15 is 0 Å². The normalized spacial score (nSPS) is 12.7. The van der Waals surface area contributed by atoms with Gasteiger partial charge in [-0.2, -0.15) is 0 Å². The molecular weight excluding hydrogens is 383 g/mol. The molecule has 0 aliphatic carbocycles. The maximum atomic E-state index is 11.8. The van der Waals surface area contributed by atoms with Gasteiger partial charge in [-0.05, 0) is 46.6 Å². The molecule has 3 N–H and O–H groups in total. The third kappa shape index (κ3) is 5.86. The Balaban J connectivity index is 0.00000289. The molecule has 1 amide bonds. The van der Waals surface area contributed by atoms with E-state index in [1.165, 1.54) is 7.76 Å². The number of nitrogens with one attached hydrogen (secondary N) is 1. The van der Waals surface area contributed by atoms with Gasteiger partial charge in [0.2, 0.25) is 5.91 Å². The molecule has 1 aromatic heterocycles. The molecule has 0 radical (unpaired) electrons. The van der Waals surface area contributed by atoms with Crippen molar-refractivity contribution in [2.75, 3.05) is 6.54 Å². The predicted octanol–water partition coefficient (Wildman–Crippen LogP) is 2.81. The highest BCUT2D eigenvalue weighted by Crippen LogP contribution is 2.19. The highest BCUT2D eigenvalue weighted by molar-refractivity contribution is 14.1. The highest BCUT2D eigenvalue weighted by Gasteiger charge is 2.26. The van der Waals surface area contributed by atoms with Crippen LogP contribution >= 0.6 is 46.3 Å². The van der Waals surface area contributed by atoms with Crippen LogP contribution in [-0.2, 0) is 11.2 Å². The molecule has 0 unspecified atom stereocenters. The summed E-state index contributed by atoms with van der Waals surface area (Å²) in [5.41, 5.74) is 5.68. The van der Waals surface area contributed by atoms with Crippen molar-refractivity contribution in [3.63, 3.8) is 0 Å². The maximum absolute atomic E-state index is 11.8. The van der Waals surface area contributed by atoms with Crippen molar-refractivity contribution < 1.29 is 4.79 Å². The zero-order valence-electron chi connectivity index (χ0n) is 10.8. The minimum Gasteiger partial charge on any atom is -0.354 e. The van der Waals surface area contributed by atoms with Gasteiger partial charge in [0.05, 0.1) is 8.93 Å².